The van der Waals surface area contributed by atoms with E-state index in [-0.39, 0.29) is 17.2 Å². The van der Waals surface area contributed by atoms with Crippen LogP contribution >= 0.6 is 15.9 Å². The Morgan fingerprint density at radius 2 is 2.18 bits per heavy atom. The first-order chi connectivity index (χ1) is 7.86. The predicted octanol–water partition coefficient (Wildman–Crippen LogP) is 1.12. The molecule has 1 aromatic carbocycles. The summed E-state index contributed by atoms with van der Waals surface area (Å²) in [5.74, 6) is 0.256. The molecule has 0 aromatic heterocycles. The lowest BCUT2D eigenvalue weighted by Crippen LogP contribution is -2.30. The summed E-state index contributed by atoms with van der Waals surface area (Å²) in [4.78, 5) is 0.0371. The molecule has 0 heterocycles. The molecule has 0 fully saturated rings. The van der Waals surface area contributed by atoms with Crippen molar-refractivity contribution in [2.75, 3.05) is 13.7 Å². The van der Waals surface area contributed by atoms with E-state index in [0.717, 1.165) is 0 Å². The maximum absolute atomic E-state index is 11.9. The highest BCUT2D eigenvalue weighted by Crippen LogP contribution is 2.26. The van der Waals surface area contributed by atoms with Gasteiger partial charge in [-0.15, -0.1) is 0 Å². The van der Waals surface area contributed by atoms with Gasteiger partial charge in [-0.25, -0.2) is 13.1 Å². The molecule has 1 aromatic rings. The fourth-order valence-corrected chi connectivity index (χ4v) is 3.00. The molecule has 0 radical (unpaired) electrons. The van der Waals surface area contributed by atoms with E-state index in [2.05, 4.69) is 20.7 Å². The molecular weight excluding hydrogens is 310 g/mol. The minimum atomic E-state index is -3.69. The highest BCUT2D eigenvalue weighted by molar-refractivity contribution is 9.10. The zero-order valence-electron chi connectivity index (χ0n) is 9.47. The van der Waals surface area contributed by atoms with Gasteiger partial charge in [0.15, 0.2) is 0 Å². The van der Waals surface area contributed by atoms with Gasteiger partial charge in [-0.2, -0.15) is 0 Å². The Labute approximate surface area is 109 Å². The van der Waals surface area contributed by atoms with E-state index in [1.54, 1.807) is 12.1 Å². The number of ether oxygens (including phenoxy) is 1. The number of nitrogens with one attached hydrogen (secondary N) is 1. The second kappa shape index (κ2) is 5.81. The summed E-state index contributed by atoms with van der Waals surface area (Å²) >= 11 is 3.20. The van der Waals surface area contributed by atoms with Crippen molar-refractivity contribution in [2.45, 2.75) is 17.9 Å². The molecule has 0 bridgehead atoms. The number of hydrogen-bond donors (Lipinski definition) is 2. The van der Waals surface area contributed by atoms with Crippen molar-refractivity contribution in [3.8, 4) is 5.75 Å². The highest BCUT2D eigenvalue weighted by Gasteiger charge is 2.19. The molecule has 1 rings (SSSR count). The Kier molecular flexibility index (Phi) is 4.93. The first kappa shape index (κ1) is 14.4. The van der Waals surface area contributed by atoms with Gasteiger partial charge in [-0.1, -0.05) is 15.9 Å². The van der Waals surface area contributed by atoms with Crippen LogP contribution in [0.25, 0.3) is 0 Å². The number of sulfonamides is 1. The summed E-state index contributed by atoms with van der Waals surface area (Å²) in [7, 11) is -2.29. The molecule has 0 spiro atoms. The van der Waals surface area contributed by atoms with Gasteiger partial charge in [-0.3, -0.25) is 0 Å². The molecule has 5 nitrogen and oxygen atoms in total. The molecule has 0 saturated heterocycles. The first-order valence-corrected chi connectivity index (χ1v) is 7.15. The number of aliphatic hydroxyl groups excluding tert-OH is 1. The van der Waals surface area contributed by atoms with Crippen LogP contribution in [-0.2, 0) is 10.0 Å². The maximum atomic E-state index is 11.9. The number of benzene rings is 1. The molecule has 0 aliphatic carbocycles. The van der Waals surface area contributed by atoms with Gasteiger partial charge >= 0.3 is 0 Å². The van der Waals surface area contributed by atoms with E-state index in [9.17, 15) is 8.42 Å². The van der Waals surface area contributed by atoms with E-state index < -0.39 is 16.1 Å². The third-order valence-corrected chi connectivity index (χ3v) is 3.92. The molecule has 0 amide bonds. The predicted molar refractivity (Wildman–Crippen MR) is 67.6 cm³/mol. The minimum Gasteiger partial charge on any atom is -0.495 e. The SMILES string of the molecule is COc1ccc(Br)cc1S(=O)(=O)NC[C@H](C)O. The Balaban J connectivity index is 3.09. The van der Waals surface area contributed by atoms with Crippen molar-refractivity contribution in [1.82, 2.24) is 4.72 Å². The lowest BCUT2D eigenvalue weighted by molar-refractivity contribution is 0.198. The third kappa shape index (κ3) is 3.95. The smallest absolute Gasteiger partial charge is 0.244 e. The van der Waals surface area contributed by atoms with Crippen molar-refractivity contribution >= 4 is 26.0 Å². The third-order valence-electron chi connectivity index (χ3n) is 1.98. The van der Waals surface area contributed by atoms with E-state index in [4.69, 9.17) is 9.84 Å². The van der Waals surface area contributed by atoms with Crippen LogP contribution in [0, 0.1) is 0 Å². The molecule has 96 valence electrons. The molecule has 2 N–H and O–H groups in total. The molecule has 17 heavy (non-hydrogen) atoms. The van der Waals surface area contributed by atoms with Crippen molar-refractivity contribution in [3.05, 3.63) is 22.7 Å². The van der Waals surface area contributed by atoms with Gasteiger partial charge in [-0.05, 0) is 25.1 Å². The molecule has 0 saturated carbocycles. The van der Waals surface area contributed by atoms with Crippen LogP contribution in [0.15, 0.2) is 27.6 Å². The number of aliphatic hydroxyl groups is 1. The van der Waals surface area contributed by atoms with Crippen LogP contribution < -0.4 is 9.46 Å². The number of rotatable bonds is 5. The van der Waals surface area contributed by atoms with Crippen molar-refractivity contribution in [3.63, 3.8) is 0 Å². The average Bonchev–Trinajstić information content (AvgIpc) is 2.26. The second-order valence-corrected chi connectivity index (χ2v) is 6.15. The van der Waals surface area contributed by atoms with Gasteiger partial charge in [0.1, 0.15) is 10.6 Å². The Morgan fingerprint density at radius 3 is 2.71 bits per heavy atom. The van der Waals surface area contributed by atoms with Crippen LogP contribution in [0.2, 0.25) is 0 Å². The van der Waals surface area contributed by atoms with E-state index in [1.807, 2.05) is 0 Å². The molecule has 7 heteroatoms. The Bertz CT molecular complexity index is 487. The zero-order valence-corrected chi connectivity index (χ0v) is 11.9. The molecule has 0 aliphatic heterocycles. The standard InChI is InChI=1S/C10H14BrNO4S/c1-7(13)6-12-17(14,15)10-5-8(11)3-4-9(10)16-2/h3-5,7,12-13H,6H2,1-2H3/t7-/m0/s1. The summed E-state index contributed by atoms with van der Waals surface area (Å²) in [6.45, 7) is 1.46. The average molecular weight is 324 g/mol. The number of hydrogen-bond acceptors (Lipinski definition) is 4. The van der Waals surface area contributed by atoms with Crippen LogP contribution in [-0.4, -0.2) is 33.3 Å². The molecule has 1 atom stereocenters. The van der Waals surface area contributed by atoms with E-state index >= 15 is 0 Å². The van der Waals surface area contributed by atoms with Gasteiger partial charge in [0.2, 0.25) is 10.0 Å². The summed E-state index contributed by atoms with van der Waals surface area (Å²) in [5.41, 5.74) is 0. The van der Waals surface area contributed by atoms with Crippen LogP contribution in [0.1, 0.15) is 6.92 Å². The summed E-state index contributed by atoms with van der Waals surface area (Å²) < 4.78 is 31.8. The molecule has 0 aliphatic rings. The lowest BCUT2D eigenvalue weighted by atomic mass is 10.3. The van der Waals surface area contributed by atoms with Crippen LogP contribution in [0.3, 0.4) is 0 Å². The number of methoxy groups -OCH3 is 1. The Hall–Kier alpha value is -0.630. The van der Waals surface area contributed by atoms with E-state index in [0.29, 0.717) is 4.47 Å². The molecule has 0 unspecified atom stereocenters. The topological polar surface area (TPSA) is 75.6 Å². The number of halogens is 1. The largest absolute Gasteiger partial charge is 0.495 e. The zero-order chi connectivity index (χ0) is 13.1. The van der Waals surface area contributed by atoms with Crippen LogP contribution in [0.5, 0.6) is 5.75 Å². The highest BCUT2D eigenvalue weighted by atomic mass is 79.9. The van der Waals surface area contributed by atoms with Crippen molar-refractivity contribution in [2.24, 2.45) is 0 Å². The normalized spacial score (nSPS) is 13.4. The molecular formula is C10H14BrNO4S. The Morgan fingerprint density at radius 1 is 1.53 bits per heavy atom. The van der Waals surface area contributed by atoms with Gasteiger partial charge in [0, 0.05) is 11.0 Å². The van der Waals surface area contributed by atoms with Crippen molar-refractivity contribution < 1.29 is 18.3 Å². The van der Waals surface area contributed by atoms with Gasteiger partial charge < -0.3 is 9.84 Å². The monoisotopic (exact) mass is 323 g/mol. The lowest BCUT2D eigenvalue weighted by Gasteiger charge is -2.11. The summed E-state index contributed by atoms with van der Waals surface area (Å²) in [6.07, 6.45) is -0.747. The van der Waals surface area contributed by atoms with Crippen LogP contribution in [0.4, 0.5) is 0 Å². The van der Waals surface area contributed by atoms with Crippen molar-refractivity contribution in [1.29, 1.82) is 0 Å². The quantitative estimate of drug-likeness (QED) is 0.851. The van der Waals surface area contributed by atoms with Gasteiger partial charge in [0.25, 0.3) is 0 Å². The van der Waals surface area contributed by atoms with E-state index in [1.165, 1.54) is 20.1 Å². The summed E-state index contributed by atoms with van der Waals surface area (Å²) in [6, 6.07) is 4.69. The second-order valence-electron chi connectivity index (χ2n) is 3.50. The fraction of sp³-hybridized carbons (Fsp3) is 0.400. The van der Waals surface area contributed by atoms with Gasteiger partial charge in [0.05, 0.1) is 13.2 Å². The fourth-order valence-electron chi connectivity index (χ4n) is 1.17. The maximum Gasteiger partial charge on any atom is 0.244 e. The summed E-state index contributed by atoms with van der Waals surface area (Å²) in [5, 5.41) is 9.08. The first-order valence-electron chi connectivity index (χ1n) is 4.88. The minimum absolute atomic E-state index is 0.0371.